The van der Waals surface area contributed by atoms with Crippen molar-refractivity contribution in [3.05, 3.63) is 74.8 Å². The number of methoxy groups -OCH3 is 1. The zero-order valence-electron chi connectivity index (χ0n) is 20.4. The molecule has 1 fully saturated rings. The van der Waals surface area contributed by atoms with Crippen molar-refractivity contribution < 1.29 is 27.4 Å². The van der Waals surface area contributed by atoms with Crippen molar-refractivity contribution in [3.63, 3.8) is 0 Å². The van der Waals surface area contributed by atoms with Gasteiger partial charge in [-0.25, -0.2) is 4.79 Å². The van der Waals surface area contributed by atoms with E-state index in [-0.39, 0.29) is 3.70 Å². The first-order valence-corrected chi connectivity index (χ1v) is 12.5. The Hall–Kier alpha value is -2.91. The van der Waals surface area contributed by atoms with Crippen molar-refractivity contribution in [3.8, 4) is 0 Å². The van der Waals surface area contributed by atoms with Crippen molar-refractivity contribution in [2.75, 3.05) is 38.2 Å². The third kappa shape index (κ3) is 5.38. The Morgan fingerprint density at radius 2 is 1.73 bits per heavy atom. The number of alkyl halides is 3. The molecule has 1 saturated heterocycles. The van der Waals surface area contributed by atoms with E-state index in [9.17, 15) is 18.0 Å². The van der Waals surface area contributed by atoms with Gasteiger partial charge >= 0.3 is 12.1 Å². The number of benzene rings is 2. The lowest BCUT2D eigenvalue weighted by Gasteiger charge is -2.40. The van der Waals surface area contributed by atoms with Gasteiger partial charge in [0.05, 0.1) is 0 Å². The smallest absolute Gasteiger partial charge is 0.400 e. The van der Waals surface area contributed by atoms with Crippen molar-refractivity contribution in [1.29, 1.82) is 0 Å². The third-order valence-electron chi connectivity index (χ3n) is 6.20. The van der Waals surface area contributed by atoms with Crippen LogP contribution in [0.1, 0.15) is 16.7 Å². The highest BCUT2D eigenvalue weighted by atomic mass is 127. The van der Waals surface area contributed by atoms with E-state index >= 15 is 0 Å². The molecule has 2 aliphatic heterocycles. The molecule has 37 heavy (non-hydrogen) atoms. The molecule has 1 N–H and O–H groups in total. The van der Waals surface area contributed by atoms with Crippen molar-refractivity contribution in [2.24, 2.45) is 10.3 Å². The molecule has 0 saturated carbocycles. The molecule has 0 bridgehead atoms. The minimum Gasteiger partial charge on any atom is -0.400 e. The molecule has 2 heterocycles. The number of hydrogen-bond donors (Lipinski definition) is 1. The molecule has 0 radical (unpaired) electrons. The Labute approximate surface area is 226 Å². The monoisotopic (exact) mass is 630 g/mol. The zero-order chi connectivity index (χ0) is 26.8. The van der Waals surface area contributed by atoms with Crippen LogP contribution in [-0.2, 0) is 19.9 Å². The summed E-state index contributed by atoms with van der Waals surface area (Å²) in [5, 5.41) is 11.2. The Morgan fingerprint density at radius 1 is 1.05 bits per heavy atom. The highest BCUT2D eigenvalue weighted by molar-refractivity contribution is 14.1. The lowest BCUT2D eigenvalue weighted by molar-refractivity contribution is -0.274. The number of anilines is 1. The van der Waals surface area contributed by atoms with E-state index in [0.717, 1.165) is 32.3 Å². The minimum atomic E-state index is -5.09. The standard InChI is InChI=1S/C24H26F3IN6O3/c1-16-9-10-17(2)19(15-16)32-11-13-33(14-12-32)34-30-20(28)21(29-31-34)37-22(35)23(36-3,24(25,26)27)18-7-5-4-6-8-18/h4-10,15,30H,11-14H2,1-3H3. The molecule has 2 aromatic carbocycles. The van der Waals surface area contributed by atoms with Crippen molar-refractivity contribution in [1.82, 2.24) is 15.7 Å². The first-order chi connectivity index (χ1) is 17.6. The van der Waals surface area contributed by atoms with E-state index in [0.29, 0.717) is 13.1 Å². The molecule has 1 atom stereocenters. The Bertz CT molecular complexity index is 1200. The van der Waals surface area contributed by atoms with Crippen LogP contribution in [0.4, 0.5) is 18.9 Å². The van der Waals surface area contributed by atoms with Gasteiger partial charge in [-0.2, -0.15) is 18.2 Å². The molecule has 0 aromatic heterocycles. The minimum absolute atomic E-state index is 0.193. The van der Waals surface area contributed by atoms with Crippen LogP contribution in [0, 0.1) is 13.8 Å². The molecule has 2 aromatic rings. The van der Waals surface area contributed by atoms with Crippen LogP contribution in [0.2, 0.25) is 0 Å². The van der Waals surface area contributed by atoms with Gasteiger partial charge in [0, 0.05) is 44.5 Å². The zero-order valence-corrected chi connectivity index (χ0v) is 22.6. The number of hydrogen-bond acceptors (Lipinski definition) is 9. The molecule has 2 aliphatic rings. The lowest BCUT2D eigenvalue weighted by Crippen LogP contribution is -2.56. The SMILES string of the molecule is COC(C(=O)OC1=C(I)NN(N2CCN(c3cc(C)ccc3C)CC2)N=N1)(c1ccccc1)C(F)(F)F. The van der Waals surface area contributed by atoms with Crippen LogP contribution in [0.5, 0.6) is 0 Å². The van der Waals surface area contributed by atoms with Gasteiger partial charge in [0.1, 0.15) is 0 Å². The van der Waals surface area contributed by atoms with Crippen LogP contribution in [-0.4, -0.2) is 55.7 Å². The maximum atomic E-state index is 14.1. The van der Waals surface area contributed by atoms with Crippen LogP contribution >= 0.6 is 22.6 Å². The van der Waals surface area contributed by atoms with Gasteiger partial charge in [-0.1, -0.05) is 47.6 Å². The number of nitrogens with one attached hydrogen (secondary N) is 1. The quantitative estimate of drug-likeness (QED) is 0.281. The second-order valence-corrected chi connectivity index (χ2v) is 9.66. The van der Waals surface area contributed by atoms with Gasteiger partial charge in [-0.3, -0.25) is 5.43 Å². The fourth-order valence-electron chi connectivity index (χ4n) is 4.21. The first kappa shape index (κ1) is 27.1. The highest BCUT2D eigenvalue weighted by Crippen LogP contribution is 2.43. The van der Waals surface area contributed by atoms with E-state index in [4.69, 9.17) is 9.47 Å². The number of halogens is 4. The van der Waals surface area contributed by atoms with E-state index in [2.05, 4.69) is 52.7 Å². The fraction of sp³-hybridized carbons (Fsp3) is 0.375. The molecule has 4 rings (SSSR count). The second kappa shape index (κ2) is 10.8. The number of esters is 1. The van der Waals surface area contributed by atoms with Crippen LogP contribution < -0.4 is 10.3 Å². The van der Waals surface area contributed by atoms with Gasteiger partial charge in [0.25, 0.3) is 11.5 Å². The summed E-state index contributed by atoms with van der Waals surface area (Å²) in [5.74, 6) is -2.06. The van der Waals surface area contributed by atoms with E-state index in [1.165, 1.54) is 40.2 Å². The van der Waals surface area contributed by atoms with Gasteiger partial charge in [0.15, 0.2) is 3.70 Å². The first-order valence-electron chi connectivity index (χ1n) is 11.4. The number of piperazine rings is 1. The number of carbonyl (C=O) groups is 1. The molecule has 1 unspecified atom stereocenters. The molecule has 0 aliphatic carbocycles. The predicted octanol–water partition coefficient (Wildman–Crippen LogP) is 4.74. The topological polar surface area (TPSA) is 82.0 Å². The summed E-state index contributed by atoms with van der Waals surface area (Å²) in [4.78, 5) is 15.2. The number of ether oxygens (including phenoxy) is 2. The van der Waals surface area contributed by atoms with Gasteiger partial charge in [0.2, 0.25) is 0 Å². The lowest BCUT2D eigenvalue weighted by atomic mass is 9.93. The van der Waals surface area contributed by atoms with E-state index in [1.807, 2.05) is 5.01 Å². The second-order valence-electron chi connectivity index (χ2n) is 8.58. The molecule has 0 spiro atoms. The van der Waals surface area contributed by atoms with Crippen LogP contribution in [0.15, 0.2) is 68.5 Å². The molecule has 198 valence electrons. The average Bonchev–Trinajstić information content (AvgIpc) is 2.87. The number of carbonyl (C=O) groups excluding carboxylic acids is 1. The number of rotatable bonds is 6. The summed E-state index contributed by atoms with van der Waals surface area (Å²) in [6.07, 6.45) is -5.09. The summed E-state index contributed by atoms with van der Waals surface area (Å²) >= 11 is 1.80. The maximum Gasteiger partial charge on any atom is 0.432 e. The van der Waals surface area contributed by atoms with Gasteiger partial charge in [-0.05, 0) is 58.9 Å². The molecule has 0 amide bonds. The Kier molecular flexibility index (Phi) is 7.94. The molecular weight excluding hydrogens is 604 g/mol. The highest BCUT2D eigenvalue weighted by Gasteiger charge is 2.64. The van der Waals surface area contributed by atoms with Crippen molar-refractivity contribution in [2.45, 2.75) is 25.6 Å². The summed E-state index contributed by atoms with van der Waals surface area (Å²) < 4.78 is 52.5. The third-order valence-corrected chi connectivity index (χ3v) is 6.90. The Morgan fingerprint density at radius 3 is 2.32 bits per heavy atom. The van der Waals surface area contributed by atoms with Gasteiger partial charge < -0.3 is 14.4 Å². The van der Waals surface area contributed by atoms with E-state index in [1.54, 1.807) is 22.6 Å². The molecule has 13 heteroatoms. The normalized spacial score (nSPS) is 18.5. The van der Waals surface area contributed by atoms with Crippen LogP contribution in [0.3, 0.4) is 0 Å². The number of aryl methyl sites for hydroxylation is 2. The van der Waals surface area contributed by atoms with Gasteiger partial charge in [-0.15, -0.1) is 5.23 Å². The number of hydrazine groups is 2. The predicted molar refractivity (Wildman–Crippen MR) is 138 cm³/mol. The molecular formula is C24H26F3IN6O3. The fourth-order valence-corrected chi connectivity index (χ4v) is 4.64. The summed E-state index contributed by atoms with van der Waals surface area (Å²) in [6.45, 7) is 6.84. The van der Waals surface area contributed by atoms with E-state index < -0.39 is 29.2 Å². The Balaban J connectivity index is 1.44. The molecule has 9 nitrogen and oxygen atoms in total. The maximum absolute atomic E-state index is 14.1. The average molecular weight is 630 g/mol. The number of nitrogens with zero attached hydrogens (tertiary/aromatic N) is 5. The van der Waals surface area contributed by atoms with Crippen LogP contribution in [0.25, 0.3) is 0 Å². The summed E-state index contributed by atoms with van der Waals surface area (Å²) in [6, 6.07) is 12.9. The largest absolute Gasteiger partial charge is 0.432 e. The summed E-state index contributed by atoms with van der Waals surface area (Å²) in [7, 11) is 0.807. The van der Waals surface area contributed by atoms with Crippen molar-refractivity contribution >= 4 is 34.2 Å². The summed E-state index contributed by atoms with van der Waals surface area (Å²) in [5.41, 5.74) is 2.74.